The van der Waals surface area contributed by atoms with Gasteiger partial charge in [0.2, 0.25) is 0 Å². The van der Waals surface area contributed by atoms with E-state index in [-0.39, 0.29) is 11.4 Å². The van der Waals surface area contributed by atoms with Crippen molar-refractivity contribution in [1.82, 2.24) is 0 Å². The number of esters is 1. The highest BCUT2D eigenvalue weighted by molar-refractivity contribution is 6.17. The molecule has 7 heteroatoms. The number of nitrogens with zero attached hydrogens (tertiary/aromatic N) is 1. The number of hydrogen-bond donors (Lipinski definition) is 1. The highest BCUT2D eigenvalue weighted by atomic mass is 16.5. The molecule has 1 N–H and O–H groups in total. The molecule has 0 aromatic heterocycles. The zero-order valence-electron chi connectivity index (χ0n) is 18.1. The largest absolute Gasteiger partial charge is 0.503 e. The number of rotatable bonds is 5. The third-order valence-electron chi connectivity index (χ3n) is 5.13. The van der Waals surface area contributed by atoms with Gasteiger partial charge in [-0.15, -0.1) is 0 Å². The Morgan fingerprint density at radius 2 is 1.61 bits per heavy atom. The first-order chi connectivity index (χ1) is 14.6. The summed E-state index contributed by atoms with van der Waals surface area (Å²) in [6.45, 7) is 5.19. The summed E-state index contributed by atoms with van der Waals surface area (Å²) in [5.41, 5.74) is 0.479. The Bertz CT molecular complexity index is 1060. The number of para-hydroxylation sites is 1. The number of amides is 1. The second-order valence-corrected chi connectivity index (χ2v) is 8.20. The summed E-state index contributed by atoms with van der Waals surface area (Å²) < 4.78 is 10.2. The van der Waals surface area contributed by atoms with Gasteiger partial charge < -0.3 is 14.6 Å². The molecule has 162 valence electrons. The fourth-order valence-corrected chi connectivity index (χ4v) is 3.57. The Balaban J connectivity index is 2.20. The lowest BCUT2D eigenvalue weighted by Crippen LogP contribution is -2.33. The lowest BCUT2D eigenvalue weighted by Gasteiger charge is -2.29. The van der Waals surface area contributed by atoms with E-state index < -0.39 is 29.1 Å². The number of benzene rings is 2. The van der Waals surface area contributed by atoms with E-state index in [0.29, 0.717) is 22.6 Å². The zero-order valence-corrected chi connectivity index (χ0v) is 18.1. The van der Waals surface area contributed by atoms with Gasteiger partial charge in [-0.2, -0.15) is 0 Å². The van der Waals surface area contributed by atoms with Gasteiger partial charge >= 0.3 is 5.97 Å². The van der Waals surface area contributed by atoms with Crippen molar-refractivity contribution >= 4 is 23.3 Å². The lowest BCUT2D eigenvalue weighted by molar-refractivity contribution is -0.123. The van der Waals surface area contributed by atoms with Crippen molar-refractivity contribution in [2.24, 2.45) is 5.41 Å². The topological polar surface area (TPSA) is 93.1 Å². The Morgan fingerprint density at radius 3 is 2.16 bits per heavy atom. The van der Waals surface area contributed by atoms with Crippen molar-refractivity contribution in [3.05, 3.63) is 71.0 Å². The van der Waals surface area contributed by atoms with E-state index in [1.165, 1.54) is 31.3 Å². The van der Waals surface area contributed by atoms with E-state index in [0.717, 1.165) is 0 Å². The van der Waals surface area contributed by atoms with Crippen LogP contribution >= 0.6 is 0 Å². The van der Waals surface area contributed by atoms with Gasteiger partial charge in [0, 0.05) is 16.7 Å². The number of aliphatic hydroxyl groups excluding tert-OH is 1. The first-order valence-corrected chi connectivity index (χ1v) is 9.74. The number of ketones is 1. The Kier molecular flexibility index (Phi) is 5.88. The maximum absolute atomic E-state index is 13.3. The minimum Gasteiger partial charge on any atom is -0.503 e. The Hall–Kier alpha value is -3.61. The normalized spacial score (nSPS) is 16.5. The molecule has 1 amide bonds. The molecule has 31 heavy (non-hydrogen) atoms. The molecule has 0 bridgehead atoms. The van der Waals surface area contributed by atoms with Gasteiger partial charge in [0.05, 0.1) is 31.4 Å². The van der Waals surface area contributed by atoms with Crippen LogP contribution in [0.1, 0.15) is 42.7 Å². The average molecular weight is 423 g/mol. The molecular weight excluding hydrogens is 398 g/mol. The van der Waals surface area contributed by atoms with Crippen LogP contribution in [0.25, 0.3) is 0 Å². The molecule has 1 heterocycles. The summed E-state index contributed by atoms with van der Waals surface area (Å²) in [5.74, 6) is -1.67. The molecule has 0 spiro atoms. The number of Topliss-reactive ketones (excluding diaryl/α,β-unsaturated/α-hetero) is 1. The molecule has 3 rings (SSSR count). The van der Waals surface area contributed by atoms with E-state index in [4.69, 9.17) is 9.47 Å². The van der Waals surface area contributed by atoms with E-state index >= 15 is 0 Å². The van der Waals surface area contributed by atoms with Gasteiger partial charge in [-0.25, -0.2) is 4.79 Å². The molecule has 0 radical (unpaired) electrons. The summed E-state index contributed by atoms with van der Waals surface area (Å²) in [5, 5.41) is 10.8. The molecule has 0 aliphatic carbocycles. The van der Waals surface area contributed by atoms with E-state index in [1.54, 1.807) is 57.2 Å². The molecule has 0 saturated carbocycles. The predicted octanol–water partition coefficient (Wildman–Crippen LogP) is 4.00. The maximum Gasteiger partial charge on any atom is 0.337 e. The van der Waals surface area contributed by atoms with Crippen molar-refractivity contribution in [3.63, 3.8) is 0 Å². The molecule has 1 atom stereocenters. The predicted molar refractivity (Wildman–Crippen MR) is 115 cm³/mol. The van der Waals surface area contributed by atoms with Crippen molar-refractivity contribution in [1.29, 1.82) is 0 Å². The lowest BCUT2D eigenvalue weighted by atomic mass is 9.82. The monoisotopic (exact) mass is 423 g/mol. The Labute approximate surface area is 180 Å². The number of methoxy groups -OCH3 is 2. The SMILES string of the molecule is COC(=O)c1ccc(N2C(=O)C(O)=C(C(=O)C(C)(C)C)C2c2ccccc2OC)cc1. The average Bonchev–Trinajstić information content (AvgIpc) is 3.02. The molecule has 0 saturated heterocycles. The van der Waals surface area contributed by atoms with Crippen molar-refractivity contribution in [3.8, 4) is 5.75 Å². The van der Waals surface area contributed by atoms with Crippen LogP contribution in [-0.2, 0) is 14.3 Å². The van der Waals surface area contributed by atoms with E-state index in [2.05, 4.69) is 0 Å². The van der Waals surface area contributed by atoms with E-state index in [9.17, 15) is 19.5 Å². The molecule has 0 fully saturated rings. The molecule has 2 aromatic carbocycles. The number of aliphatic hydroxyl groups is 1. The van der Waals surface area contributed by atoms with Crippen molar-refractivity contribution in [2.45, 2.75) is 26.8 Å². The molecule has 1 aliphatic heterocycles. The number of hydrogen-bond acceptors (Lipinski definition) is 6. The molecule has 1 aliphatic rings. The summed E-state index contributed by atoms with van der Waals surface area (Å²) in [6, 6.07) is 12.3. The van der Waals surface area contributed by atoms with Gasteiger partial charge in [-0.3, -0.25) is 14.5 Å². The fraction of sp³-hybridized carbons (Fsp3) is 0.292. The third kappa shape index (κ3) is 3.91. The van der Waals surface area contributed by atoms with E-state index in [1.807, 2.05) is 0 Å². The first-order valence-electron chi connectivity index (χ1n) is 9.74. The summed E-state index contributed by atoms with van der Waals surface area (Å²) in [7, 11) is 2.78. The highest BCUT2D eigenvalue weighted by Gasteiger charge is 2.47. The molecule has 2 aromatic rings. The van der Waals surface area contributed by atoms with Crippen LogP contribution in [0.4, 0.5) is 5.69 Å². The van der Waals surface area contributed by atoms with Gasteiger partial charge in [-0.1, -0.05) is 39.0 Å². The highest BCUT2D eigenvalue weighted by Crippen LogP contribution is 2.45. The van der Waals surface area contributed by atoms with Crippen LogP contribution in [0, 0.1) is 5.41 Å². The number of carbonyl (C=O) groups is 3. The number of anilines is 1. The van der Waals surface area contributed by atoms with Gasteiger partial charge in [0.1, 0.15) is 5.75 Å². The van der Waals surface area contributed by atoms with Crippen molar-refractivity contribution in [2.75, 3.05) is 19.1 Å². The molecule has 1 unspecified atom stereocenters. The first kappa shape index (κ1) is 22.1. The molecule has 7 nitrogen and oxygen atoms in total. The Morgan fingerprint density at radius 1 is 1.00 bits per heavy atom. The summed E-state index contributed by atoms with van der Waals surface area (Å²) in [4.78, 5) is 39.5. The molecular formula is C24H25NO6. The minimum atomic E-state index is -0.889. The maximum atomic E-state index is 13.3. The van der Waals surface area contributed by atoms with Gasteiger partial charge in [0.15, 0.2) is 11.5 Å². The van der Waals surface area contributed by atoms with Gasteiger partial charge in [0.25, 0.3) is 5.91 Å². The summed E-state index contributed by atoms with van der Waals surface area (Å²) >= 11 is 0. The smallest absolute Gasteiger partial charge is 0.337 e. The third-order valence-corrected chi connectivity index (χ3v) is 5.13. The fourth-order valence-electron chi connectivity index (χ4n) is 3.57. The van der Waals surface area contributed by atoms with Crippen LogP contribution in [0.5, 0.6) is 5.75 Å². The number of ether oxygens (including phenoxy) is 2. The van der Waals surface area contributed by atoms with Crippen LogP contribution < -0.4 is 9.64 Å². The van der Waals surface area contributed by atoms with Crippen molar-refractivity contribution < 1.29 is 29.0 Å². The second kappa shape index (κ2) is 8.26. The van der Waals surface area contributed by atoms with Crippen LogP contribution in [0.2, 0.25) is 0 Å². The second-order valence-electron chi connectivity index (χ2n) is 8.20. The zero-order chi connectivity index (χ0) is 22.9. The minimum absolute atomic E-state index is 0.0130. The van der Waals surface area contributed by atoms with Crippen LogP contribution in [0.3, 0.4) is 0 Å². The quantitative estimate of drug-likeness (QED) is 0.731. The van der Waals surface area contributed by atoms with Crippen LogP contribution in [0.15, 0.2) is 59.9 Å². The van der Waals surface area contributed by atoms with Crippen LogP contribution in [-0.4, -0.2) is 37.0 Å². The standard InChI is InChI=1S/C24H25NO6/c1-24(2,3)21(27)18-19(16-8-6-7-9-17(16)30-4)25(22(28)20(18)26)15-12-10-14(11-13-15)23(29)31-5/h6-13,19,26H,1-5H3. The van der Waals surface area contributed by atoms with Gasteiger partial charge in [-0.05, 0) is 30.3 Å². The number of carbonyl (C=O) groups excluding carboxylic acids is 3. The summed E-state index contributed by atoms with van der Waals surface area (Å²) in [6.07, 6.45) is 0.